The minimum atomic E-state index is -1.62. The van der Waals surface area contributed by atoms with E-state index in [1.807, 2.05) is 0 Å². The topological polar surface area (TPSA) is 196 Å². The molecule has 5 aliphatic carbocycles. The van der Waals surface area contributed by atoms with Crippen molar-refractivity contribution >= 4 is 5.97 Å². The lowest BCUT2D eigenvalue weighted by Crippen LogP contribution is -2.66. The van der Waals surface area contributed by atoms with Gasteiger partial charge in [0, 0.05) is 0 Å². The Morgan fingerprint density at radius 3 is 2.19 bits per heavy atom. The van der Waals surface area contributed by atoms with Crippen LogP contribution in [0.2, 0.25) is 0 Å². The summed E-state index contributed by atoms with van der Waals surface area (Å²) >= 11 is 0. The molecule has 6 fully saturated rings. The summed E-state index contributed by atoms with van der Waals surface area (Å²) in [4.78, 5) is 13.0. The van der Waals surface area contributed by atoms with Gasteiger partial charge in [-0.1, -0.05) is 60.1 Å². The highest BCUT2D eigenvalue weighted by Crippen LogP contribution is 2.76. The van der Waals surface area contributed by atoms with E-state index in [9.17, 15) is 40.5 Å². The largest absolute Gasteiger partial charge is 0.481 e. The maximum absolute atomic E-state index is 13.0. The van der Waals surface area contributed by atoms with Crippen molar-refractivity contribution in [1.82, 2.24) is 0 Å². The van der Waals surface area contributed by atoms with E-state index in [-0.39, 0.29) is 51.6 Å². The molecule has 53 heavy (non-hydrogen) atoms. The SMILES string of the molecule is CC1(C)CC[C@]2(C(=O)O)CC[C@]3(C)C(=CCC4[C@@]5(C)CCC(O[C@H]6O[C@H](CO)[C@H](O)[C@H](O)[C@H]6O[C@H]6OC[C@H](O)[C@@H](O)[C@H]6O)C(C)(C)C5CC[C@]43C)C2C1. The fourth-order valence-corrected chi connectivity index (χ4v) is 13.4. The zero-order valence-electron chi connectivity index (χ0n) is 32.7. The molecule has 0 aromatic rings. The van der Waals surface area contributed by atoms with Crippen molar-refractivity contribution in [3.05, 3.63) is 11.6 Å². The van der Waals surface area contributed by atoms with E-state index >= 15 is 0 Å². The second-order valence-electron chi connectivity index (χ2n) is 20.2. The summed E-state index contributed by atoms with van der Waals surface area (Å²) in [6.45, 7) is 15.6. The Balaban J connectivity index is 1.15. The van der Waals surface area contributed by atoms with Crippen LogP contribution in [0.5, 0.6) is 0 Å². The van der Waals surface area contributed by atoms with Gasteiger partial charge in [-0.05, 0) is 109 Å². The van der Waals surface area contributed by atoms with Crippen molar-refractivity contribution < 1.29 is 59.5 Å². The first-order valence-electron chi connectivity index (χ1n) is 20.2. The Bertz CT molecular complexity index is 1430. The molecule has 7 N–H and O–H groups in total. The molecular weight excluding hydrogens is 684 g/mol. The molecule has 2 aliphatic heterocycles. The number of aliphatic hydroxyl groups is 6. The summed E-state index contributed by atoms with van der Waals surface area (Å²) in [6, 6.07) is 0. The first kappa shape index (κ1) is 40.0. The van der Waals surface area contributed by atoms with E-state index in [4.69, 9.17) is 18.9 Å². The molecular formula is C41H66O12. The van der Waals surface area contributed by atoms with Crippen LogP contribution in [-0.2, 0) is 23.7 Å². The molecule has 4 saturated carbocycles. The molecule has 0 aromatic carbocycles. The van der Waals surface area contributed by atoms with Gasteiger partial charge in [-0.15, -0.1) is 0 Å². The molecule has 2 heterocycles. The van der Waals surface area contributed by atoms with Crippen LogP contribution in [-0.4, -0.2) is 116 Å². The van der Waals surface area contributed by atoms with E-state index < -0.39 is 73.3 Å². The van der Waals surface area contributed by atoms with Gasteiger partial charge in [0.1, 0.15) is 42.7 Å². The zero-order valence-corrected chi connectivity index (χ0v) is 32.7. The number of ether oxygens (including phenoxy) is 4. The van der Waals surface area contributed by atoms with Crippen LogP contribution >= 0.6 is 0 Å². The summed E-state index contributed by atoms with van der Waals surface area (Å²) in [6.07, 6.45) is -1.79. The van der Waals surface area contributed by atoms with Crippen molar-refractivity contribution in [2.75, 3.05) is 13.2 Å². The van der Waals surface area contributed by atoms with Gasteiger partial charge in [0.05, 0.1) is 24.7 Å². The zero-order chi connectivity index (χ0) is 38.7. The Hall–Kier alpha value is -1.19. The van der Waals surface area contributed by atoms with E-state index in [0.29, 0.717) is 12.3 Å². The second kappa shape index (κ2) is 13.5. The molecule has 17 atom stereocenters. The lowest BCUT2D eigenvalue weighted by Gasteiger charge is -2.71. The Morgan fingerprint density at radius 1 is 0.811 bits per heavy atom. The average molecular weight is 751 g/mol. The van der Waals surface area contributed by atoms with Crippen LogP contribution in [0.4, 0.5) is 0 Å². The summed E-state index contributed by atoms with van der Waals surface area (Å²) in [5, 5.41) is 73.6. The van der Waals surface area contributed by atoms with Crippen LogP contribution in [0, 0.1) is 50.2 Å². The van der Waals surface area contributed by atoms with Gasteiger partial charge in [-0.3, -0.25) is 4.79 Å². The molecule has 4 unspecified atom stereocenters. The van der Waals surface area contributed by atoms with Crippen molar-refractivity contribution in [3.8, 4) is 0 Å². The number of hydrogen-bond donors (Lipinski definition) is 7. The fraction of sp³-hybridized carbons (Fsp3) is 0.927. The minimum Gasteiger partial charge on any atom is -0.481 e. The Labute approximate surface area is 314 Å². The number of carboxylic acid groups (broad SMARTS) is 1. The molecule has 302 valence electrons. The molecule has 0 amide bonds. The van der Waals surface area contributed by atoms with E-state index in [1.165, 1.54) is 5.57 Å². The summed E-state index contributed by atoms with van der Waals surface area (Å²) < 4.78 is 24.3. The van der Waals surface area contributed by atoms with Gasteiger partial charge < -0.3 is 54.7 Å². The maximum atomic E-state index is 13.0. The highest BCUT2D eigenvalue weighted by Gasteiger charge is 2.69. The number of allylic oxidation sites excluding steroid dienone is 2. The summed E-state index contributed by atoms with van der Waals surface area (Å²) in [7, 11) is 0. The number of aliphatic carboxylic acids is 1. The third-order valence-electron chi connectivity index (χ3n) is 16.9. The fourth-order valence-electron chi connectivity index (χ4n) is 13.4. The number of carboxylic acids is 1. The third-order valence-corrected chi connectivity index (χ3v) is 16.9. The summed E-state index contributed by atoms with van der Waals surface area (Å²) in [5.74, 6) is 0.0980. The van der Waals surface area contributed by atoms with Gasteiger partial charge >= 0.3 is 5.97 Å². The van der Waals surface area contributed by atoms with Crippen molar-refractivity contribution in [1.29, 1.82) is 0 Å². The molecule has 0 bridgehead atoms. The van der Waals surface area contributed by atoms with Crippen molar-refractivity contribution in [2.45, 2.75) is 174 Å². The standard InChI is InChI=1S/C41H66O12/c1-36(2)14-16-41(35(48)49)17-15-39(6)21(22(41)18-36)8-9-26-38(5)12-11-27(37(3,4)25(38)10-13-40(26,39)7)52-34-32(30(46)29(45)24(19-42)51-34)53-33-31(47)28(44)23(43)20-50-33/h8,22-34,42-47H,9-20H2,1-7H3,(H,48,49)/t22?,23-,24+,25?,26?,27?,28+,29-,30-,31+,32+,33+,34+,38-,39+,40+,41-/m0/s1. The van der Waals surface area contributed by atoms with E-state index in [2.05, 4.69) is 54.5 Å². The number of carbonyl (C=O) groups is 1. The van der Waals surface area contributed by atoms with Crippen LogP contribution in [0.3, 0.4) is 0 Å². The number of hydrogen-bond acceptors (Lipinski definition) is 11. The normalized spacial score (nSPS) is 53.3. The van der Waals surface area contributed by atoms with Crippen molar-refractivity contribution in [3.63, 3.8) is 0 Å². The Morgan fingerprint density at radius 2 is 1.51 bits per heavy atom. The molecule has 2 saturated heterocycles. The predicted molar refractivity (Wildman–Crippen MR) is 192 cm³/mol. The van der Waals surface area contributed by atoms with Crippen LogP contribution in [0.25, 0.3) is 0 Å². The molecule has 7 aliphatic rings. The van der Waals surface area contributed by atoms with E-state index in [0.717, 1.165) is 57.8 Å². The number of fused-ring (bicyclic) bond motifs is 7. The monoisotopic (exact) mass is 750 g/mol. The Kier molecular flexibility index (Phi) is 10.2. The second-order valence-corrected chi connectivity index (χ2v) is 20.2. The molecule has 7 rings (SSSR count). The minimum absolute atomic E-state index is 0.00263. The number of rotatable bonds is 6. The van der Waals surface area contributed by atoms with Gasteiger partial charge in [0.25, 0.3) is 0 Å². The molecule has 0 spiro atoms. The molecule has 12 heteroatoms. The van der Waals surface area contributed by atoms with Crippen LogP contribution in [0.1, 0.15) is 113 Å². The predicted octanol–water partition coefficient (Wildman–Crippen LogP) is 3.52. The number of aliphatic hydroxyl groups excluding tert-OH is 6. The van der Waals surface area contributed by atoms with Gasteiger partial charge in [-0.2, -0.15) is 0 Å². The maximum Gasteiger partial charge on any atom is 0.310 e. The van der Waals surface area contributed by atoms with Gasteiger partial charge in [-0.25, -0.2) is 0 Å². The smallest absolute Gasteiger partial charge is 0.310 e. The summed E-state index contributed by atoms with van der Waals surface area (Å²) in [5.41, 5.74) is 0.357. The van der Waals surface area contributed by atoms with Crippen molar-refractivity contribution in [2.24, 2.45) is 50.2 Å². The first-order chi connectivity index (χ1) is 24.7. The highest BCUT2D eigenvalue weighted by molar-refractivity contribution is 5.76. The first-order valence-corrected chi connectivity index (χ1v) is 20.2. The quantitative estimate of drug-likeness (QED) is 0.155. The molecule has 0 aromatic heterocycles. The molecule has 12 nitrogen and oxygen atoms in total. The van der Waals surface area contributed by atoms with Gasteiger partial charge in [0.2, 0.25) is 0 Å². The van der Waals surface area contributed by atoms with Crippen LogP contribution in [0.15, 0.2) is 11.6 Å². The van der Waals surface area contributed by atoms with E-state index in [1.54, 1.807) is 0 Å². The highest BCUT2D eigenvalue weighted by atomic mass is 16.8. The average Bonchev–Trinajstić information content (AvgIpc) is 3.08. The molecule has 0 radical (unpaired) electrons. The van der Waals surface area contributed by atoms with Crippen LogP contribution < -0.4 is 0 Å². The lowest BCUT2D eigenvalue weighted by atomic mass is 9.33. The van der Waals surface area contributed by atoms with Gasteiger partial charge in [0.15, 0.2) is 12.6 Å². The third kappa shape index (κ3) is 5.94. The lowest BCUT2D eigenvalue weighted by molar-refractivity contribution is -0.370.